The number of oxime groups is 1. The molecule has 0 aromatic rings. The molecule has 7 nitrogen and oxygen atoms in total. The number of aliphatic hydroxyl groups is 1. The summed E-state index contributed by atoms with van der Waals surface area (Å²) in [4.78, 5) is 28.7. The number of carboxylic acid groups (broad SMARTS) is 1. The summed E-state index contributed by atoms with van der Waals surface area (Å²) < 4.78 is 0. The first-order valence-corrected chi connectivity index (χ1v) is 13.0. The van der Waals surface area contributed by atoms with Crippen molar-refractivity contribution < 1.29 is 24.6 Å². The Kier molecular flexibility index (Phi) is 6.64. The van der Waals surface area contributed by atoms with Crippen LogP contribution in [0.5, 0.6) is 0 Å². The van der Waals surface area contributed by atoms with Crippen LogP contribution in [0, 0.1) is 34.5 Å². The van der Waals surface area contributed by atoms with Gasteiger partial charge in [0.15, 0.2) is 6.61 Å². The average Bonchev–Trinajstić information content (AvgIpc) is 3.00. The largest absolute Gasteiger partial charge is 0.480 e. The zero-order valence-corrected chi connectivity index (χ0v) is 21.4. The second-order valence-corrected chi connectivity index (χ2v) is 12.3. The molecule has 1 amide bonds. The molecule has 0 saturated heterocycles. The fourth-order valence-electron chi connectivity index (χ4n) is 7.79. The maximum absolute atomic E-state index is 12.1. The van der Waals surface area contributed by atoms with E-state index in [4.69, 9.17) is 4.84 Å². The van der Waals surface area contributed by atoms with Gasteiger partial charge in [0.1, 0.15) is 6.04 Å². The Bertz CT molecular complexity index is 893. The van der Waals surface area contributed by atoms with Crippen LogP contribution in [0.3, 0.4) is 0 Å². The predicted molar refractivity (Wildman–Crippen MR) is 130 cm³/mol. The number of carbonyl (C=O) groups excluding carboxylic acids is 1. The lowest BCUT2D eigenvalue weighted by atomic mass is 9.46. The van der Waals surface area contributed by atoms with Crippen molar-refractivity contribution in [3.63, 3.8) is 0 Å². The van der Waals surface area contributed by atoms with E-state index < -0.39 is 23.5 Å². The molecule has 3 saturated carbocycles. The zero-order valence-electron chi connectivity index (χ0n) is 21.4. The maximum atomic E-state index is 12.1. The SMILES string of the molecule is CC(C)[C@H](NC(=O)CO/N=C1\C=C2CC[C@@H]3[C@@H](CC[C@@]4(C)[C@H]3CC[C@]4(C)O)[C@@]2(C)CC1)C(=O)O. The molecule has 3 N–H and O–H groups in total. The van der Waals surface area contributed by atoms with Crippen molar-refractivity contribution in [2.45, 2.75) is 97.6 Å². The summed E-state index contributed by atoms with van der Waals surface area (Å²) in [6.07, 6.45) is 10.6. The van der Waals surface area contributed by atoms with Gasteiger partial charge < -0.3 is 20.4 Å². The zero-order chi connectivity index (χ0) is 24.9. The van der Waals surface area contributed by atoms with Gasteiger partial charge in [0.25, 0.3) is 5.91 Å². The van der Waals surface area contributed by atoms with E-state index in [1.165, 1.54) is 18.4 Å². The molecule has 4 aliphatic rings. The third kappa shape index (κ3) is 4.18. The molecule has 0 bridgehead atoms. The molecule has 0 aliphatic heterocycles. The monoisotopic (exact) mass is 474 g/mol. The number of rotatable bonds is 6. The van der Waals surface area contributed by atoms with Crippen molar-refractivity contribution >= 4 is 17.6 Å². The Morgan fingerprint density at radius 1 is 1.12 bits per heavy atom. The number of carbonyl (C=O) groups is 2. The summed E-state index contributed by atoms with van der Waals surface area (Å²) in [6.45, 7) is 10.0. The van der Waals surface area contributed by atoms with Crippen molar-refractivity contribution in [2.75, 3.05) is 6.61 Å². The molecule has 4 rings (SSSR count). The van der Waals surface area contributed by atoms with Gasteiger partial charge in [0, 0.05) is 0 Å². The number of fused-ring (bicyclic) bond motifs is 5. The van der Waals surface area contributed by atoms with E-state index in [-0.39, 0.29) is 23.4 Å². The van der Waals surface area contributed by atoms with Gasteiger partial charge in [0.05, 0.1) is 11.3 Å². The van der Waals surface area contributed by atoms with E-state index in [0.29, 0.717) is 17.8 Å². The van der Waals surface area contributed by atoms with Crippen LogP contribution in [-0.2, 0) is 14.4 Å². The van der Waals surface area contributed by atoms with Crippen molar-refractivity contribution in [1.82, 2.24) is 5.32 Å². The molecule has 0 aromatic heterocycles. The van der Waals surface area contributed by atoms with Crippen molar-refractivity contribution in [1.29, 1.82) is 0 Å². The molecular weight excluding hydrogens is 432 g/mol. The van der Waals surface area contributed by atoms with Gasteiger partial charge in [-0.05, 0) is 98.9 Å². The van der Waals surface area contributed by atoms with Crippen LogP contribution in [0.25, 0.3) is 0 Å². The Hall–Kier alpha value is -1.89. The van der Waals surface area contributed by atoms with Gasteiger partial charge in [-0.1, -0.05) is 38.4 Å². The quantitative estimate of drug-likeness (QED) is 0.498. The van der Waals surface area contributed by atoms with Gasteiger partial charge >= 0.3 is 5.97 Å². The number of hydrogen-bond donors (Lipinski definition) is 3. The van der Waals surface area contributed by atoms with Crippen LogP contribution in [0.4, 0.5) is 0 Å². The van der Waals surface area contributed by atoms with E-state index in [2.05, 4.69) is 37.3 Å². The molecule has 7 atom stereocenters. The number of carboxylic acids is 1. The molecule has 0 radical (unpaired) electrons. The first-order chi connectivity index (χ1) is 15.9. The Labute approximate surface area is 203 Å². The normalized spacial score (nSPS) is 41.2. The van der Waals surface area contributed by atoms with E-state index >= 15 is 0 Å². The Morgan fingerprint density at radius 2 is 1.82 bits per heavy atom. The summed E-state index contributed by atoms with van der Waals surface area (Å²) in [5, 5.41) is 27.0. The van der Waals surface area contributed by atoms with E-state index in [0.717, 1.165) is 44.2 Å². The highest BCUT2D eigenvalue weighted by Crippen LogP contribution is 2.67. The number of allylic oxidation sites excluding steroid dienone is 2. The van der Waals surface area contributed by atoms with Crippen molar-refractivity contribution in [3.05, 3.63) is 11.6 Å². The molecule has 7 heteroatoms. The van der Waals surface area contributed by atoms with Gasteiger partial charge in [-0.25, -0.2) is 4.79 Å². The molecule has 0 unspecified atom stereocenters. The summed E-state index contributed by atoms with van der Waals surface area (Å²) >= 11 is 0. The topological polar surface area (TPSA) is 108 Å². The summed E-state index contributed by atoms with van der Waals surface area (Å²) in [7, 11) is 0. The van der Waals surface area contributed by atoms with Gasteiger partial charge in [-0.2, -0.15) is 0 Å². The lowest BCUT2D eigenvalue weighted by Crippen LogP contribution is -2.53. The maximum Gasteiger partial charge on any atom is 0.326 e. The van der Waals surface area contributed by atoms with Crippen LogP contribution < -0.4 is 5.32 Å². The molecule has 3 fully saturated rings. The summed E-state index contributed by atoms with van der Waals surface area (Å²) in [5.41, 5.74) is 1.97. The third-order valence-electron chi connectivity index (χ3n) is 10.2. The first-order valence-electron chi connectivity index (χ1n) is 13.0. The molecule has 190 valence electrons. The van der Waals surface area contributed by atoms with Gasteiger partial charge in [-0.3, -0.25) is 4.79 Å². The minimum atomic E-state index is -1.05. The van der Waals surface area contributed by atoms with E-state index in [9.17, 15) is 19.8 Å². The van der Waals surface area contributed by atoms with Crippen LogP contribution in [-0.4, -0.2) is 46.1 Å². The first kappa shape index (κ1) is 25.2. The highest BCUT2D eigenvalue weighted by molar-refractivity contribution is 5.96. The third-order valence-corrected chi connectivity index (χ3v) is 10.2. The highest BCUT2D eigenvalue weighted by Gasteiger charge is 2.62. The van der Waals surface area contributed by atoms with Crippen LogP contribution in [0.1, 0.15) is 86.0 Å². The highest BCUT2D eigenvalue weighted by atomic mass is 16.6. The predicted octanol–water partition coefficient (Wildman–Crippen LogP) is 4.30. The van der Waals surface area contributed by atoms with Crippen LogP contribution in [0.2, 0.25) is 0 Å². The average molecular weight is 475 g/mol. The second kappa shape index (κ2) is 8.96. The van der Waals surface area contributed by atoms with E-state index in [1.807, 2.05) is 0 Å². The minimum Gasteiger partial charge on any atom is -0.480 e. The van der Waals surface area contributed by atoms with Gasteiger partial charge in [0.2, 0.25) is 0 Å². The number of hydrogen-bond acceptors (Lipinski definition) is 5. The number of nitrogens with one attached hydrogen (secondary N) is 1. The molecule has 0 spiro atoms. The number of nitrogens with zero attached hydrogens (tertiary/aromatic N) is 1. The van der Waals surface area contributed by atoms with Crippen LogP contribution in [0.15, 0.2) is 16.8 Å². The number of amides is 1. The van der Waals surface area contributed by atoms with Crippen molar-refractivity contribution in [2.24, 2.45) is 39.7 Å². The van der Waals surface area contributed by atoms with Gasteiger partial charge in [-0.15, -0.1) is 0 Å². The molecule has 0 aromatic carbocycles. The Morgan fingerprint density at radius 3 is 2.50 bits per heavy atom. The lowest BCUT2D eigenvalue weighted by Gasteiger charge is -2.59. The molecule has 34 heavy (non-hydrogen) atoms. The molecule has 4 aliphatic carbocycles. The fraction of sp³-hybridized carbons (Fsp3) is 0.815. The lowest BCUT2D eigenvalue weighted by molar-refractivity contribution is -0.143. The summed E-state index contributed by atoms with van der Waals surface area (Å²) in [5.74, 6) is 0.199. The second-order valence-electron chi connectivity index (χ2n) is 12.3. The molecular formula is C27H42N2O5. The van der Waals surface area contributed by atoms with Crippen molar-refractivity contribution in [3.8, 4) is 0 Å². The molecule has 0 heterocycles. The van der Waals surface area contributed by atoms with Crippen LogP contribution >= 0.6 is 0 Å². The standard InChI is InChI=1S/C27H42N2O5/c1-16(2)23(24(31)32)28-22(30)15-34-29-18-8-11-25(3)17(14-18)6-7-19-20(25)9-12-26(4)21(19)10-13-27(26,5)33/h14,16,19-21,23,33H,6-13,15H2,1-5H3,(H,28,30)(H,31,32)/b29-18-/t19-,20-,21+,23+,25+,26+,27+/m1/s1. The Balaban J connectivity index is 1.40. The number of aliphatic carboxylic acids is 1. The smallest absolute Gasteiger partial charge is 0.326 e. The minimum absolute atomic E-state index is 0.0384. The summed E-state index contributed by atoms with van der Waals surface area (Å²) in [6, 6.07) is -0.933. The van der Waals surface area contributed by atoms with E-state index in [1.54, 1.807) is 13.8 Å². The fourth-order valence-corrected chi connectivity index (χ4v) is 7.79.